The minimum absolute atomic E-state index is 0.0440. The molecule has 0 spiro atoms. The number of nitrogens with zero attached hydrogens (tertiary/aromatic N) is 2. The fourth-order valence-electron chi connectivity index (χ4n) is 0.935. The van der Waals surface area contributed by atoms with Crippen molar-refractivity contribution in [2.45, 2.75) is 13.2 Å². The van der Waals surface area contributed by atoms with E-state index in [4.69, 9.17) is 15.3 Å². The number of rotatable bonds is 5. The van der Waals surface area contributed by atoms with Crippen LogP contribution in [0.5, 0.6) is 0 Å². The summed E-state index contributed by atoms with van der Waals surface area (Å²) in [5, 5.41) is 28.3. The summed E-state index contributed by atoms with van der Waals surface area (Å²) < 4.78 is 0. The number of nitrogens with one attached hydrogen (secondary N) is 1. The monoisotopic (exact) mass is 249 g/mol. The summed E-state index contributed by atoms with van der Waals surface area (Å²) in [5.74, 6) is 0. The molecule has 0 aromatic carbocycles. The first-order valence-corrected chi connectivity index (χ1v) is 4.71. The zero-order chi connectivity index (χ0) is 13.4. The molecule has 0 fully saturated rings. The Morgan fingerprint density at radius 2 is 2.00 bits per heavy atom. The van der Waals surface area contributed by atoms with Crippen molar-refractivity contribution >= 4 is 18.5 Å². The largest absolute Gasteiger partial charge is 0.395 e. The average Bonchev–Trinajstić information content (AvgIpc) is 2.26. The van der Waals surface area contributed by atoms with Gasteiger partial charge in [-0.2, -0.15) is 0 Å². The van der Waals surface area contributed by atoms with Gasteiger partial charge < -0.3 is 20.6 Å². The Morgan fingerprint density at radius 1 is 1.41 bits per heavy atom. The summed E-state index contributed by atoms with van der Waals surface area (Å²) in [6.45, 7) is -0.534. The van der Waals surface area contributed by atoms with Gasteiger partial charge in [0.1, 0.15) is 13.0 Å². The van der Waals surface area contributed by atoms with Gasteiger partial charge in [-0.05, 0) is 6.92 Å². The van der Waals surface area contributed by atoms with Crippen molar-refractivity contribution in [1.82, 2.24) is 15.1 Å². The first-order chi connectivity index (χ1) is 7.97. The number of carbonyl (C=O) groups excluding carboxylic acids is 3. The molecule has 0 bridgehead atoms. The van der Waals surface area contributed by atoms with Gasteiger partial charge in [-0.1, -0.05) is 0 Å². The van der Waals surface area contributed by atoms with Crippen molar-refractivity contribution in [3.05, 3.63) is 0 Å². The molecule has 0 aliphatic carbocycles. The van der Waals surface area contributed by atoms with E-state index in [0.29, 0.717) is 9.80 Å². The molecule has 0 rings (SSSR count). The van der Waals surface area contributed by atoms with Gasteiger partial charge in [0.25, 0.3) is 0 Å². The van der Waals surface area contributed by atoms with Crippen molar-refractivity contribution in [2.24, 2.45) is 0 Å². The lowest BCUT2D eigenvalue weighted by molar-refractivity contribution is -0.118. The van der Waals surface area contributed by atoms with Crippen LogP contribution in [-0.4, -0.2) is 69.7 Å². The van der Waals surface area contributed by atoms with Crippen molar-refractivity contribution in [3.63, 3.8) is 0 Å². The lowest BCUT2D eigenvalue weighted by Gasteiger charge is -2.24. The van der Waals surface area contributed by atoms with Gasteiger partial charge in [0.15, 0.2) is 0 Å². The van der Waals surface area contributed by atoms with Crippen LogP contribution in [0.25, 0.3) is 0 Å². The standard InChI is InChI=1S/C8H15N3O6/c1-6(15)9-7(16)11(2-3-12)8(17)10(4-13)5-14/h4,6,12,14-15H,2-3,5H2,1H3,(H,9,16). The highest BCUT2D eigenvalue weighted by Crippen LogP contribution is 1.98. The van der Waals surface area contributed by atoms with Gasteiger partial charge in [0.05, 0.1) is 13.2 Å². The number of hydrogen-bond acceptors (Lipinski definition) is 6. The van der Waals surface area contributed by atoms with Crippen LogP contribution in [-0.2, 0) is 4.79 Å². The molecule has 4 N–H and O–H groups in total. The molecule has 5 amide bonds. The predicted molar refractivity (Wildman–Crippen MR) is 54.4 cm³/mol. The SMILES string of the molecule is CC(O)NC(=O)N(CCO)C(=O)N(C=O)CO. The molecular formula is C8H15N3O6. The van der Waals surface area contributed by atoms with E-state index in [1.165, 1.54) is 6.92 Å². The summed E-state index contributed by atoms with van der Waals surface area (Å²) in [5.41, 5.74) is 0. The van der Waals surface area contributed by atoms with E-state index in [1.54, 1.807) is 0 Å². The summed E-state index contributed by atoms with van der Waals surface area (Å²) >= 11 is 0. The molecule has 0 saturated carbocycles. The Balaban J connectivity index is 4.76. The van der Waals surface area contributed by atoms with E-state index < -0.39 is 31.6 Å². The van der Waals surface area contributed by atoms with Crippen LogP contribution in [0, 0.1) is 0 Å². The fourth-order valence-corrected chi connectivity index (χ4v) is 0.935. The number of amides is 5. The maximum atomic E-state index is 11.5. The third kappa shape index (κ3) is 4.76. The molecule has 0 aromatic heterocycles. The minimum Gasteiger partial charge on any atom is -0.395 e. The second-order valence-corrected chi connectivity index (χ2v) is 3.00. The second-order valence-electron chi connectivity index (χ2n) is 3.00. The quantitative estimate of drug-likeness (QED) is 0.325. The van der Waals surface area contributed by atoms with Crippen molar-refractivity contribution in [1.29, 1.82) is 0 Å². The predicted octanol–water partition coefficient (Wildman–Crippen LogP) is -2.14. The normalized spacial score (nSPS) is 11.5. The van der Waals surface area contributed by atoms with Gasteiger partial charge in [0.2, 0.25) is 6.41 Å². The van der Waals surface area contributed by atoms with Crippen molar-refractivity contribution in [2.75, 3.05) is 19.9 Å². The topological polar surface area (TPSA) is 130 Å². The summed E-state index contributed by atoms with van der Waals surface area (Å²) in [4.78, 5) is 34.2. The van der Waals surface area contributed by atoms with Crippen LogP contribution in [0.1, 0.15) is 6.92 Å². The minimum atomic E-state index is -1.20. The highest BCUT2D eigenvalue weighted by atomic mass is 16.3. The third-order valence-electron chi connectivity index (χ3n) is 1.66. The van der Waals surface area contributed by atoms with E-state index in [1.807, 2.05) is 5.32 Å². The number of imide groups is 2. The summed E-state index contributed by atoms with van der Waals surface area (Å²) in [6.07, 6.45) is -1.15. The van der Waals surface area contributed by atoms with Crippen LogP contribution in [0.15, 0.2) is 0 Å². The Kier molecular flexibility index (Phi) is 6.79. The molecule has 0 saturated heterocycles. The summed E-state index contributed by atoms with van der Waals surface area (Å²) in [6, 6.07) is -2.09. The highest BCUT2D eigenvalue weighted by Gasteiger charge is 2.26. The highest BCUT2D eigenvalue weighted by molar-refractivity contribution is 5.97. The lowest BCUT2D eigenvalue weighted by atomic mass is 10.5. The third-order valence-corrected chi connectivity index (χ3v) is 1.66. The van der Waals surface area contributed by atoms with E-state index in [0.717, 1.165) is 0 Å². The summed E-state index contributed by atoms with van der Waals surface area (Å²) in [7, 11) is 0. The Labute approximate surface area is 97.2 Å². The van der Waals surface area contributed by atoms with Gasteiger partial charge in [-0.25, -0.2) is 19.4 Å². The average molecular weight is 249 g/mol. The molecule has 0 heterocycles. The molecule has 1 atom stereocenters. The van der Waals surface area contributed by atoms with Crippen LogP contribution in [0.4, 0.5) is 9.59 Å². The van der Waals surface area contributed by atoms with Crippen molar-refractivity contribution in [3.8, 4) is 0 Å². The molecule has 0 radical (unpaired) electrons. The molecule has 0 aromatic rings. The maximum absolute atomic E-state index is 11.5. The number of urea groups is 2. The lowest BCUT2D eigenvalue weighted by Crippen LogP contribution is -2.52. The van der Waals surface area contributed by atoms with Gasteiger partial charge in [-0.3, -0.25) is 4.79 Å². The van der Waals surface area contributed by atoms with Crippen LogP contribution >= 0.6 is 0 Å². The van der Waals surface area contributed by atoms with Gasteiger partial charge in [0, 0.05) is 0 Å². The number of carbonyl (C=O) groups is 3. The Hall–Kier alpha value is -1.71. The van der Waals surface area contributed by atoms with E-state index in [2.05, 4.69) is 0 Å². The number of aliphatic hydroxyl groups excluding tert-OH is 3. The van der Waals surface area contributed by atoms with E-state index in [-0.39, 0.29) is 13.0 Å². The molecule has 9 heteroatoms. The van der Waals surface area contributed by atoms with Crippen LogP contribution in [0.3, 0.4) is 0 Å². The number of hydrogen-bond donors (Lipinski definition) is 4. The molecule has 0 aliphatic heterocycles. The zero-order valence-corrected chi connectivity index (χ0v) is 9.24. The molecule has 9 nitrogen and oxygen atoms in total. The van der Waals surface area contributed by atoms with Gasteiger partial charge in [-0.15, -0.1) is 0 Å². The molecule has 98 valence electrons. The van der Waals surface area contributed by atoms with Crippen LogP contribution in [0.2, 0.25) is 0 Å². The second kappa shape index (κ2) is 7.54. The molecule has 0 aliphatic rings. The fraction of sp³-hybridized carbons (Fsp3) is 0.625. The van der Waals surface area contributed by atoms with Crippen LogP contribution < -0.4 is 5.32 Å². The molecule has 17 heavy (non-hydrogen) atoms. The zero-order valence-electron chi connectivity index (χ0n) is 9.24. The first kappa shape index (κ1) is 15.3. The first-order valence-electron chi connectivity index (χ1n) is 4.71. The Morgan fingerprint density at radius 3 is 2.35 bits per heavy atom. The van der Waals surface area contributed by atoms with E-state index in [9.17, 15) is 14.4 Å². The van der Waals surface area contributed by atoms with E-state index >= 15 is 0 Å². The Bertz CT molecular complexity index is 282. The molecule has 1 unspecified atom stereocenters. The number of aliphatic hydroxyl groups is 3. The van der Waals surface area contributed by atoms with Crippen molar-refractivity contribution < 1.29 is 29.7 Å². The maximum Gasteiger partial charge on any atom is 0.336 e. The van der Waals surface area contributed by atoms with Gasteiger partial charge >= 0.3 is 12.1 Å². The molecular weight excluding hydrogens is 234 g/mol. The smallest absolute Gasteiger partial charge is 0.336 e.